The van der Waals surface area contributed by atoms with Gasteiger partial charge in [0.1, 0.15) is 5.82 Å². The predicted molar refractivity (Wildman–Crippen MR) is 94.6 cm³/mol. The summed E-state index contributed by atoms with van der Waals surface area (Å²) in [5, 5.41) is 2.94. The average Bonchev–Trinajstić information content (AvgIpc) is 3.17. The van der Waals surface area contributed by atoms with Crippen molar-refractivity contribution in [3.05, 3.63) is 54.4 Å². The van der Waals surface area contributed by atoms with Crippen LogP contribution in [0.2, 0.25) is 0 Å². The molecule has 7 heteroatoms. The summed E-state index contributed by atoms with van der Waals surface area (Å²) in [4.78, 5) is 30.6. The van der Waals surface area contributed by atoms with Crippen LogP contribution < -0.4 is 5.32 Å². The van der Waals surface area contributed by atoms with Crippen LogP contribution in [0.4, 0.5) is 4.39 Å². The van der Waals surface area contributed by atoms with Gasteiger partial charge < -0.3 is 14.8 Å². The van der Waals surface area contributed by atoms with Crippen molar-refractivity contribution in [1.29, 1.82) is 0 Å². The fraction of sp³-hybridized carbons (Fsp3) is 0.421. The highest BCUT2D eigenvalue weighted by atomic mass is 19.1. The molecule has 1 aromatic carbocycles. The molecule has 1 aliphatic rings. The van der Waals surface area contributed by atoms with Gasteiger partial charge in [0.25, 0.3) is 0 Å². The first-order valence-electron chi connectivity index (χ1n) is 8.87. The maximum Gasteiger partial charge on any atom is 0.227 e. The van der Waals surface area contributed by atoms with E-state index in [9.17, 15) is 14.0 Å². The van der Waals surface area contributed by atoms with Crippen LogP contribution in [0.15, 0.2) is 43.0 Å². The molecule has 0 radical (unpaired) electrons. The Hall–Kier alpha value is -2.70. The third kappa shape index (κ3) is 4.91. The lowest BCUT2D eigenvalue weighted by Crippen LogP contribution is -2.46. The zero-order chi connectivity index (χ0) is 18.4. The minimum absolute atomic E-state index is 0.00982. The second kappa shape index (κ2) is 8.60. The summed E-state index contributed by atoms with van der Waals surface area (Å²) in [7, 11) is 0. The molecule has 1 fully saturated rings. The Morgan fingerprint density at radius 1 is 1.27 bits per heavy atom. The Morgan fingerprint density at radius 3 is 2.81 bits per heavy atom. The normalized spacial score (nSPS) is 17.1. The van der Waals surface area contributed by atoms with Crippen LogP contribution in [0, 0.1) is 11.7 Å². The highest BCUT2D eigenvalue weighted by Gasteiger charge is 2.28. The van der Waals surface area contributed by atoms with E-state index >= 15 is 0 Å². The molecule has 2 amide bonds. The minimum atomic E-state index is -0.313. The molecule has 1 aliphatic heterocycles. The van der Waals surface area contributed by atoms with Crippen molar-refractivity contribution < 1.29 is 14.0 Å². The number of imidazole rings is 1. The van der Waals surface area contributed by atoms with Gasteiger partial charge in [-0.3, -0.25) is 9.59 Å². The van der Waals surface area contributed by atoms with Gasteiger partial charge in [0, 0.05) is 38.6 Å². The summed E-state index contributed by atoms with van der Waals surface area (Å²) >= 11 is 0. The number of amides is 2. The molecule has 3 rings (SSSR count). The Morgan fingerprint density at radius 2 is 2.08 bits per heavy atom. The zero-order valence-electron chi connectivity index (χ0n) is 14.6. The number of aromatic nitrogens is 2. The summed E-state index contributed by atoms with van der Waals surface area (Å²) in [5.41, 5.74) is 0.781. The van der Waals surface area contributed by atoms with Crippen LogP contribution in [0.5, 0.6) is 0 Å². The van der Waals surface area contributed by atoms with E-state index in [4.69, 9.17) is 0 Å². The van der Waals surface area contributed by atoms with Gasteiger partial charge in [0.15, 0.2) is 0 Å². The van der Waals surface area contributed by atoms with Gasteiger partial charge in [-0.1, -0.05) is 12.1 Å². The van der Waals surface area contributed by atoms with Gasteiger partial charge in [-0.2, -0.15) is 0 Å². The molecule has 0 spiro atoms. The Balaban J connectivity index is 1.47. The van der Waals surface area contributed by atoms with E-state index in [-0.39, 0.29) is 30.0 Å². The first-order chi connectivity index (χ1) is 12.6. The van der Waals surface area contributed by atoms with Gasteiger partial charge in [0.2, 0.25) is 11.8 Å². The number of likely N-dealkylation sites (tertiary alicyclic amines) is 1. The topological polar surface area (TPSA) is 67.2 Å². The number of piperidine rings is 1. The fourth-order valence-electron chi connectivity index (χ4n) is 3.18. The Labute approximate surface area is 152 Å². The molecule has 1 aromatic heterocycles. The van der Waals surface area contributed by atoms with Gasteiger partial charge >= 0.3 is 0 Å². The minimum Gasteiger partial charge on any atom is -0.354 e. The number of carbonyl (C=O) groups excluding carboxylic acids is 2. The molecular weight excluding hydrogens is 335 g/mol. The van der Waals surface area contributed by atoms with E-state index in [1.54, 1.807) is 29.6 Å². The molecule has 138 valence electrons. The van der Waals surface area contributed by atoms with Gasteiger partial charge in [0.05, 0.1) is 18.7 Å². The van der Waals surface area contributed by atoms with Crippen LogP contribution >= 0.6 is 0 Å². The molecule has 0 saturated carbocycles. The van der Waals surface area contributed by atoms with Crippen molar-refractivity contribution >= 4 is 11.8 Å². The van der Waals surface area contributed by atoms with E-state index in [1.807, 2.05) is 10.8 Å². The monoisotopic (exact) mass is 358 g/mol. The SMILES string of the molecule is O=C(NCCn1ccnc1)[C@H]1CCCN(C(=O)Cc2ccc(F)cc2)C1. The molecule has 1 N–H and O–H groups in total. The van der Waals surface area contributed by atoms with Crippen molar-refractivity contribution in [2.45, 2.75) is 25.8 Å². The van der Waals surface area contributed by atoms with E-state index in [2.05, 4.69) is 10.3 Å². The number of nitrogens with zero attached hydrogens (tertiary/aromatic N) is 3. The van der Waals surface area contributed by atoms with Gasteiger partial charge in [-0.05, 0) is 30.5 Å². The van der Waals surface area contributed by atoms with E-state index in [0.717, 1.165) is 18.4 Å². The zero-order valence-corrected chi connectivity index (χ0v) is 14.6. The van der Waals surface area contributed by atoms with Crippen molar-refractivity contribution in [3.8, 4) is 0 Å². The molecule has 26 heavy (non-hydrogen) atoms. The quantitative estimate of drug-likeness (QED) is 0.853. The number of rotatable bonds is 6. The fourth-order valence-corrected chi connectivity index (χ4v) is 3.18. The summed E-state index contributed by atoms with van der Waals surface area (Å²) in [6.07, 6.45) is 7.10. The summed E-state index contributed by atoms with van der Waals surface area (Å²) in [5.74, 6) is -0.521. The Kier molecular flexibility index (Phi) is 5.99. The smallest absolute Gasteiger partial charge is 0.227 e. The highest BCUT2D eigenvalue weighted by molar-refractivity contribution is 5.82. The molecule has 1 saturated heterocycles. The Bertz CT molecular complexity index is 731. The lowest BCUT2D eigenvalue weighted by atomic mass is 9.96. The number of halogens is 1. The van der Waals surface area contributed by atoms with Crippen LogP contribution in [0.3, 0.4) is 0 Å². The molecule has 2 aromatic rings. The average molecular weight is 358 g/mol. The summed E-state index contributed by atoms with van der Waals surface area (Å²) in [6, 6.07) is 5.96. The first-order valence-corrected chi connectivity index (χ1v) is 8.87. The lowest BCUT2D eigenvalue weighted by Gasteiger charge is -2.32. The van der Waals surface area contributed by atoms with Crippen LogP contribution in [-0.2, 0) is 22.6 Å². The maximum atomic E-state index is 13.0. The summed E-state index contributed by atoms with van der Waals surface area (Å²) < 4.78 is 14.9. The lowest BCUT2D eigenvalue weighted by molar-refractivity contribution is -0.135. The number of carbonyl (C=O) groups is 2. The van der Waals surface area contributed by atoms with Gasteiger partial charge in [-0.15, -0.1) is 0 Å². The van der Waals surface area contributed by atoms with Crippen LogP contribution in [0.1, 0.15) is 18.4 Å². The molecule has 0 unspecified atom stereocenters. The number of hydrogen-bond donors (Lipinski definition) is 1. The molecule has 6 nitrogen and oxygen atoms in total. The second-order valence-electron chi connectivity index (χ2n) is 6.57. The van der Waals surface area contributed by atoms with Gasteiger partial charge in [-0.25, -0.2) is 9.37 Å². The summed E-state index contributed by atoms with van der Waals surface area (Å²) in [6.45, 7) is 2.32. The van der Waals surface area contributed by atoms with E-state index in [0.29, 0.717) is 26.2 Å². The molecule has 1 atom stereocenters. The molecular formula is C19H23FN4O2. The highest BCUT2D eigenvalue weighted by Crippen LogP contribution is 2.18. The predicted octanol–water partition coefficient (Wildman–Crippen LogP) is 1.62. The molecule has 0 aliphatic carbocycles. The largest absolute Gasteiger partial charge is 0.354 e. The number of hydrogen-bond acceptors (Lipinski definition) is 3. The molecule has 2 heterocycles. The first kappa shape index (κ1) is 18.1. The van der Waals surface area contributed by atoms with Crippen LogP contribution in [0.25, 0.3) is 0 Å². The third-order valence-electron chi connectivity index (χ3n) is 4.64. The van der Waals surface area contributed by atoms with Crippen molar-refractivity contribution in [1.82, 2.24) is 19.8 Å². The van der Waals surface area contributed by atoms with Crippen LogP contribution in [-0.4, -0.2) is 45.9 Å². The molecule has 0 bridgehead atoms. The van der Waals surface area contributed by atoms with Crippen molar-refractivity contribution in [2.24, 2.45) is 5.92 Å². The standard InChI is InChI=1S/C19H23FN4O2/c20-17-5-3-15(4-6-17)12-18(25)24-9-1-2-16(13-24)19(26)22-8-11-23-10-7-21-14-23/h3-7,10,14,16H,1-2,8-9,11-13H2,(H,22,26)/t16-/m0/s1. The number of nitrogens with one attached hydrogen (secondary N) is 1. The third-order valence-corrected chi connectivity index (χ3v) is 4.64. The van der Waals surface area contributed by atoms with E-state index in [1.165, 1.54) is 12.1 Å². The second-order valence-corrected chi connectivity index (χ2v) is 6.57. The number of benzene rings is 1. The maximum absolute atomic E-state index is 13.0. The van der Waals surface area contributed by atoms with Crippen molar-refractivity contribution in [3.63, 3.8) is 0 Å². The van der Waals surface area contributed by atoms with E-state index < -0.39 is 0 Å². The van der Waals surface area contributed by atoms with Crippen molar-refractivity contribution in [2.75, 3.05) is 19.6 Å².